The minimum absolute atomic E-state index is 0.00231. The molecule has 0 heterocycles. The van der Waals surface area contributed by atoms with E-state index in [1.165, 1.54) is 0 Å². The number of aliphatic hydroxyl groups excluding tert-OH is 3. The summed E-state index contributed by atoms with van der Waals surface area (Å²) in [7, 11) is 0. The Bertz CT molecular complexity index is 210. The van der Waals surface area contributed by atoms with E-state index in [1.54, 1.807) is 0 Å². The van der Waals surface area contributed by atoms with Gasteiger partial charge in [0.2, 0.25) is 0 Å². The van der Waals surface area contributed by atoms with Gasteiger partial charge < -0.3 is 35.7 Å². The average Bonchev–Trinajstić information content (AvgIpc) is 2.14. The summed E-state index contributed by atoms with van der Waals surface area (Å²) in [6, 6.07) is 0. The van der Waals surface area contributed by atoms with Gasteiger partial charge in [0.15, 0.2) is 6.29 Å². The molecule has 122 valence electrons. The number of hydrogen-bond acceptors (Lipinski definition) is 7. The Labute approximate surface area is 115 Å². The van der Waals surface area contributed by atoms with Crippen molar-refractivity contribution in [3.05, 3.63) is 0 Å². The molecule has 1 atom stereocenters. The van der Waals surface area contributed by atoms with E-state index >= 15 is 0 Å². The molecule has 0 aliphatic rings. The molecule has 0 saturated heterocycles. The molecular weight excluding hydrogens is 280 g/mol. The van der Waals surface area contributed by atoms with E-state index in [9.17, 15) is 0 Å². The Hall–Kier alpha value is -1.75. The number of carboxylic acids is 3. The normalized spacial score (nSPS) is 9.60. The summed E-state index contributed by atoms with van der Waals surface area (Å²) in [6.45, 7) is 3.01. The van der Waals surface area contributed by atoms with Gasteiger partial charge in [-0.3, -0.25) is 14.4 Å². The average molecular weight is 302 g/mol. The van der Waals surface area contributed by atoms with Crippen molar-refractivity contribution in [3.8, 4) is 0 Å². The predicted molar refractivity (Wildman–Crippen MR) is 65.9 cm³/mol. The zero-order chi connectivity index (χ0) is 17.3. The van der Waals surface area contributed by atoms with Gasteiger partial charge in [-0.1, -0.05) is 0 Å². The second-order valence-electron chi connectivity index (χ2n) is 3.05. The van der Waals surface area contributed by atoms with Crippen LogP contribution in [0.15, 0.2) is 0 Å². The number of carbonyl (C=O) groups is 3. The zero-order valence-electron chi connectivity index (χ0n) is 11.4. The molecule has 0 aromatic heterocycles. The smallest absolute Gasteiger partial charge is 0.300 e. The quantitative estimate of drug-likeness (QED) is 0.296. The van der Waals surface area contributed by atoms with Crippen LogP contribution in [0.2, 0.25) is 0 Å². The molecule has 7 N–H and O–H groups in total. The van der Waals surface area contributed by atoms with Crippen molar-refractivity contribution in [2.24, 2.45) is 0 Å². The van der Waals surface area contributed by atoms with Gasteiger partial charge in [-0.05, 0) is 0 Å². The molecule has 0 aliphatic heterocycles. The van der Waals surface area contributed by atoms with E-state index < -0.39 is 30.3 Å². The van der Waals surface area contributed by atoms with Crippen LogP contribution in [0.4, 0.5) is 0 Å². The largest absolute Gasteiger partial charge is 0.481 e. The summed E-state index contributed by atoms with van der Waals surface area (Å²) >= 11 is 0. The van der Waals surface area contributed by atoms with Crippen LogP contribution < -0.4 is 0 Å². The molecule has 0 aromatic rings. The lowest BCUT2D eigenvalue weighted by molar-refractivity contribution is -0.135. The monoisotopic (exact) mass is 302 g/mol. The van der Waals surface area contributed by atoms with Crippen molar-refractivity contribution in [2.75, 3.05) is 6.61 Å². The fourth-order valence-corrected chi connectivity index (χ4v) is 0.281. The second kappa shape index (κ2) is 19.6. The molecule has 1 unspecified atom stereocenters. The van der Waals surface area contributed by atoms with Gasteiger partial charge in [-0.15, -0.1) is 0 Å². The van der Waals surface area contributed by atoms with Gasteiger partial charge in [-0.25, -0.2) is 0 Å². The Morgan fingerprint density at radius 3 is 1.05 bits per heavy atom. The van der Waals surface area contributed by atoms with Crippen LogP contribution in [0.5, 0.6) is 0 Å². The molecule has 10 nitrogen and oxygen atoms in total. The molecule has 10 heteroatoms. The Balaban J connectivity index is -0.0000000917. The number of rotatable bonds is 3. The van der Waals surface area contributed by atoms with Crippen molar-refractivity contribution in [3.63, 3.8) is 0 Å². The maximum atomic E-state index is 9.00. The van der Waals surface area contributed by atoms with E-state index in [0.717, 1.165) is 20.8 Å². The highest BCUT2D eigenvalue weighted by atomic mass is 16.5. The Morgan fingerprint density at radius 2 is 1.00 bits per heavy atom. The van der Waals surface area contributed by atoms with Crippen LogP contribution in [-0.4, -0.2) is 72.7 Å². The van der Waals surface area contributed by atoms with Crippen LogP contribution in [-0.2, 0) is 14.4 Å². The summed E-state index contributed by atoms with van der Waals surface area (Å²) in [5.74, 6) is -2.50. The van der Waals surface area contributed by atoms with Gasteiger partial charge in [0.05, 0.1) is 0 Å². The molecule has 20 heavy (non-hydrogen) atoms. The third kappa shape index (κ3) is 137. The molecule has 0 aromatic carbocycles. The van der Waals surface area contributed by atoms with Gasteiger partial charge in [0.25, 0.3) is 17.9 Å². The summed E-state index contributed by atoms with van der Waals surface area (Å²) in [6.07, 6.45) is -2.96. The molecule has 0 fully saturated rings. The van der Waals surface area contributed by atoms with Crippen molar-refractivity contribution < 1.29 is 50.1 Å². The highest BCUT2D eigenvalue weighted by Crippen LogP contribution is 1.92. The van der Waals surface area contributed by atoms with Crippen molar-refractivity contribution in [2.45, 2.75) is 39.6 Å². The lowest BCUT2D eigenvalue weighted by Gasteiger charge is -2.08. The molecule has 0 aliphatic carbocycles. The van der Waals surface area contributed by atoms with Crippen LogP contribution in [0, 0.1) is 0 Å². The van der Waals surface area contributed by atoms with Crippen LogP contribution in [0.25, 0.3) is 0 Å². The first-order valence-corrected chi connectivity index (χ1v) is 5.12. The fraction of sp³-hybridized carbons (Fsp3) is 0.700. The minimum Gasteiger partial charge on any atom is -0.481 e. The lowest BCUT2D eigenvalue weighted by Crippen LogP contribution is -2.25. The van der Waals surface area contributed by atoms with Crippen molar-refractivity contribution >= 4 is 17.9 Å². The van der Waals surface area contributed by atoms with E-state index in [-0.39, 0.29) is 13.0 Å². The SMILES string of the molecule is CC(=O)O.CC(=O)O.CC(=O)O.OCCC(O)C(O)O. The van der Waals surface area contributed by atoms with Crippen LogP contribution in [0.1, 0.15) is 27.2 Å². The summed E-state index contributed by atoms with van der Waals surface area (Å²) < 4.78 is 0. The van der Waals surface area contributed by atoms with E-state index in [2.05, 4.69) is 0 Å². The number of aliphatic hydroxyl groups is 4. The summed E-state index contributed by atoms with van der Waals surface area (Å²) in [5.41, 5.74) is 0. The number of hydrogen-bond donors (Lipinski definition) is 7. The summed E-state index contributed by atoms with van der Waals surface area (Å²) in [4.78, 5) is 27.0. The van der Waals surface area contributed by atoms with Crippen LogP contribution in [0.3, 0.4) is 0 Å². The van der Waals surface area contributed by atoms with Gasteiger partial charge in [0, 0.05) is 33.8 Å². The molecule has 0 spiro atoms. The molecule has 0 rings (SSSR count). The molecule has 0 bridgehead atoms. The molecular formula is C10H22O10. The third-order valence-electron chi connectivity index (χ3n) is 0.769. The number of carboxylic acid groups (broad SMARTS) is 3. The maximum Gasteiger partial charge on any atom is 0.300 e. The first kappa shape index (κ1) is 26.7. The fourth-order valence-electron chi connectivity index (χ4n) is 0.281. The summed E-state index contributed by atoms with van der Waals surface area (Å²) in [5, 5.41) is 55.1. The standard InChI is InChI=1S/C4H10O4.3C2H4O2/c5-2-1-3(6)4(7)8;3*1-2(3)4/h3-8H,1-2H2;3*1H3,(H,3,4). The van der Waals surface area contributed by atoms with Gasteiger partial charge in [0.1, 0.15) is 6.10 Å². The Kier molecular flexibility index (Phi) is 26.2. The van der Waals surface area contributed by atoms with E-state index in [0.29, 0.717) is 0 Å². The molecule has 0 radical (unpaired) electrons. The van der Waals surface area contributed by atoms with E-state index in [4.69, 9.17) is 50.1 Å². The number of aliphatic carboxylic acids is 3. The minimum atomic E-state index is -1.73. The Morgan fingerprint density at radius 1 is 0.800 bits per heavy atom. The molecule has 0 amide bonds. The van der Waals surface area contributed by atoms with Crippen LogP contribution >= 0.6 is 0 Å². The van der Waals surface area contributed by atoms with Gasteiger partial charge >= 0.3 is 0 Å². The first-order valence-electron chi connectivity index (χ1n) is 5.12. The second-order valence-corrected chi connectivity index (χ2v) is 3.05. The van der Waals surface area contributed by atoms with E-state index in [1.807, 2.05) is 0 Å². The highest BCUT2D eigenvalue weighted by molar-refractivity contribution is 5.63. The highest BCUT2D eigenvalue weighted by Gasteiger charge is 2.10. The topological polar surface area (TPSA) is 193 Å². The first-order chi connectivity index (χ1) is 8.88. The van der Waals surface area contributed by atoms with Crippen molar-refractivity contribution in [1.82, 2.24) is 0 Å². The maximum absolute atomic E-state index is 9.00. The predicted octanol–water partition coefficient (Wildman–Crippen LogP) is -1.69. The van der Waals surface area contributed by atoms with Gasteiger partial charge in [-0.2, -0.15) is 0 Å². The molecule has 0 saturated carbocycles. The third-order valence-corrected chi connectivity index (χ3v) is 0.769. The zero-order valence-corrected chi connectivity index (χ0v) is 11.4. The van der Waals surface area contributed by atoms with Crippen molar-refractivity contribution in [1.29, 1.82) is 0 Å². The lowest BCUT2D eigenvalue weighted by atomic mass is 10.2.